The zero-order valence-electron chi connectivity index (χ0n) is 12.0. The van der Waals surface area contributed by atoms with E-state index in [1.54, 1.807) is 19.3 Å². The van der Waals surface area contributed by atoms with Gasteiger partial charge in [0.05, 0.1) is 12.3 Å². The summed E-state index contributed by atoms with van der Waals surface area (Å²) in [6.07, 6.45) is 2.48. The molecule has 2 aromatic rings. The molecule has 0 aliphatic carbocycles. The second kappa shape index (κ2) is 6.10. The van der Waals surface area contributed by atoms with Crippen molar-refractivity contribution >= 4 is 11.5 Å². The number of aromatic nitrogens is 1. The Kier molecular flexibility index (Phi) is 4.01. The van der Waals surface area contributed by atoms with Gasteiger partial charge in [-0.1, -0.05) is 12.1 Å². The van der Waals surface area contributed by atoms with Crippen molar-refractivity contribution in [2.45, 2.75) is 13.0 Å². The van der Waals surface area contributed by atoms with E-state index in [2.05, 4.69) is 10.3 Å². The number of fused-ring (bicyclic) bond motifs is 1. The second-order valence-electron chi connectivity index (χ2n) is 4.96. The molecule has 0 radical (unpaired) electrons. The van der Waals surface area contributed by atoms with E-state index in [9.17, 15) is 4.39 Å². The van der Waals surface area contributed by atoms with Gasteiger partial charge in [0.15, 0.2) is 11.6 Å². The summed E-state index contributed by atoms with van der Waals surface area (Å²) in [5.74, 6) is 0.861. The Morgan fingerprint density at radius 1 is 1.33 bits per heavy atom. The highest BCUT2D eigenvalue weighted by Crippen LogP contribution is 2.36. The van der Waals surface area contributed by atoms with E-state index in [1.165, 1.54) is 0 Å². The van der Waals surface area contributed by atoms with Crippen LogP contribution in [0.4, 0.5) is 15.9 Å². The first kappa shape index (κ1) is 13.8. The number of ether oxygens (including phenoxy) is 1. The number of nitrogens with zero attached hydrogens (tertiary/aromatic N) is 2. The maximum atomic E-state index is 14.7. The van der Waals surface area contributed by atoms with Gasteiger partial charge < -0.3 is 15.0 Å². The molecule has 1 aromatic heterocycles. The van der Waals surface area contributed by atoms with Crippen LogP contribution < -0.4 is 15.0 Å². The van der Waals surface area contributed by atoms with E-state index in [0.29, 0.717) is 31.1 Å². The fourth-order valence-electron chi connectivity index (χ4n) is 2.53. The molecule has 0 saturated carbocycles. The van der Waals surface area contributed by atoms with Gasteiger partial charge in [-0.15, -0.1) is 0 Å². The predicted octanol–water partition coefficient (Wildman–Crippen LogP) is 2.86. The SMILES string of the molecule is CNCc1ccnc(N2CCCOc3ccccc32)c1F. The molecule has 0 bridgehead atoms. The van der Waals surface area contributed by atoms with Crippen molar-refractivity contribution < 1.29 is 9.13 Å². The van der Waals surface area contributed by atoms with Gasteiger partial charge in [-0.25, -0.2) is 9.37 Å². The van der Waals surface area contributed by atoms with Gasteiger partial charge in [-0.3, -0.25) is 0 Å². The minimum Gasteiger partial charge on any atom is -0.491 e. The molecule has 1 aliphatic rings. The fraction of sp³-hybridized carbons (Fsp3) is 0.312. The number of benzene rings is 1. The van der Waals surface area contributed by atoms with Gasteiger partial charge in [0, 0.05) is 24.8 Å². The average molecular weight is 287 g/mol. The molecule has 1 aliphatic heterocycles. The molecule has 0 atom stereocenters. The first-order chi connectivity index (χ1) is 10.3. The molecule has 0 saturated heterocycles. The predicted molar refractivity (Wildman–Crippen MR) is 80.5 cm³/mol. The summed E-state index contributed by atoms with van der Waals surface area (Å²) in [4.78, 5) is 6.15. The summed E-state index contributed by atoms with van der Waals surface area (Å²) in [7, 11) is 1.80. The lowest BCUT2D eigenvalue weighted by molar-refractivity contribution is 0.322. The first-order valence-corrected chi connectivity index (χ1v) is 7.08. The Hall–Kier alpha value is -2.14. The van der Waals surface area contributed by atoms with Crippen LogP contribution in [0.1, 0.15) is 12.0 Å². The summed E-state index contributed by atoms with van der Waals surface area (Å²) < 4.78 is 20.4. The Morgan fingerprint density at radius 2 is 2.19 bits per heavy atom. The molecule has 2 heterocycles. The van der Waals surface area contributed by atoms with E-state index in [4.69, 9.17) is 4.74 Å². The van der Waals surface area contributed by atoms with Crippen LogP contribution in [-0.2, 0) is 6.54 Å². The van der Waals surface area contributed by atoms with Crippen LogP contribution in [0.15, 0.2) is 36.5 Å². The van der Waals surface area contributed by atoms with Crippen molar-refractivity contribution in [2.24, 2.45) is 0 Å². The molecule has 1 N–H and O–H groups in total. The van der Waals surface area contributed by atoms with Gasteiger partial charge >= 0.3 is 0 Å². The number of hydrogen-bond acceptors (Lipinski definition) is 4. The molecule has 21 heavy (non-hydrogen) atoms. The molecule has 4 nitrogen and oxygen atoms in total. The van der Waals surface area contributed by atoms with Crippen molar-refractivity contribution in [3.63, 3.8) is 0 Å². The van der Waals surface area contributed by atoms with Crippen molar-refractivity contribution in [3.8, 4) is 5.75 Å². The smallest absolute Gasteiger partial charge is 0.170 e. The third-order valence-corrected chi connectivity index (χ3v) is 3.51. The number of rotatable bonds is 3. The number of hydrogen-bond donors (Lipinski definition) is 1. The number of anilines is 2. The van der Waals surface area contributed by atoms with E-state index >= 15 is 0 Å². The van der Waals surface area contributed by atoms with Gasteiger partial charge in [-0.2, -0.15) is 0 Å². The van der Waals surface area contributed by atoms with Crippen LogP contribution in [0.5, 0.6) is 5.75 Å². The van der Waals surface area contributed by atoms with Crippen LogP contribution in [-0.4, -0.2) is 25.2 Å². The van der Waals surface area contributed by atoms with Crippen LogP contribution in [0.2, 0.25) is 0 Å². The normalized spacial score (nSPS) is 14.3. The van der Waals surface area contributed by atoms with Gasteiger partial charge in [0.25, 0.3) is 0 Å². The minimum atomic E-state index is -0.274. The molecule has 3 rings (SSSR count). The monoisotopic (exact) mass is 287 g/mol. The molecule has 5 heteroatoms. The molecule has 110 valence electrons. The standard InChI is InChI=1S/C16H18FN3O/c1-18-11-12-7-8-19-16(15(12)17)20-9-4-10-21-14-6-3-2-5-13(14)20/h2-3,5-8,18H,4,9-11H2,1H3. The van der Waals surface area contributed by atoms with Crippen LogP contribution in [0.3, 0.4) is 0 Å². The lowest BCUT2D eigenvalue weighted by atomic mass is 10.2. The highest BCUT2D eigenvalue weighted by molar-refractivity contribution is 5.68. The molecule has 0 amide bonds. The number of halogens is 1. The Bertz CT molecular complexity index is 633. The van der Waals surface area contributed by atoms with E-state index in [1.807, 2.05) is 29.2 Å². The first-order valence-electron chi connectivity index (χ1n) is 7.08. The van der Waals surface area contributed by atoms with Crippen LogP contribution in [0.25, 0.3) is 0 Å². The molecule has 0 unspecified atom stereocenters. The third-order valence-electron chi connectivity index (χ3n) is 3.51. The fourth-order valence-corrected chi connectivity index (χ4v) is 2.53. The summed E-state index contributed by atoms with van der Waals surface area (Å²) in [6, 6.07) is 9.39. The molecule has 0 spiro atoms. The summed E-state index contributed by atoms with van der Waals surface area (Å²) >= 11 is 0. The van der Waals surface area contributed by atoms with Crippen molar-refractivity contribution in [1.29, 1.82) is 0 Å². The molecule has 0 fully saturated rings. The second-order valence-corrected chi connectivity index (χ2v) is 4.96. The van der Waals surface area contributed by atoms with Gasteiger partial charge in [0.1, 0.15) is 5.75 Å². The minimum absolute atomic E-state index is 0.274. The van der Waals surface area contributed by atoms with E-state index < -0.39 is 0 Å². The lowest BCUT2D eigenvalue weighted by Gasteiger charge is -2.23. The van der Waals surface area contributed by atoms with Crippen molar-refractivity contribution in [1.82, 2.24) is 10.3 Å². The maximum absolute atomic E-state index is 14.7. The Morgan fingerprint density at radius 3 is 3.05 bits per heavy atom. The van der Waals surface area contributed by atoms with Gasteiger partial charge in [0.2, 0.25) is 0 Å². The third kappa shape index (κ3) is 2.69. The largest absolute Gasteiger partial charge is 0.491 e. The quantitative estimate of drug-likeness (QED) is 0.942. The van der Waals surface area contributed by atoms with Crippen LogP contribution in [0, 0.1) is 5.82 Å². The zero-order chi connectivity index (χ0) is 14.7. The maximum Gasteiger partial charge on any atom is 0.170 e. The lowest BCUT2D eigenvalue weighted by Crippen LogP contribution is -2.21. The molecular formula is C16H18FN3O. The molecular weight excluding hydrogens is 269 g/mol. The van der Waals surface area contributed by atoms with E-state index in [-0.39, 0.29) is 5.82 Å². The van der Waals surface area contributed by atoms with Gasteiger partial charge in [-0.05, 0) is 31.7 Å². The molecule has 1 aromatic carbocycles. The zero-order valence-corrected chi connectivity index (χ0v) is 12.0. The van der Waals surface area contributed by atoms with E-state index in [0.717, 1.165) is 17.9 Å². The van der Waals surface area contributed by atoms with Crippen molar-refractivity contribution in [3.05, 3.63) is 47.9 Å². The average Bonchev–Trinajstić information content (AvgIpc) is 2.72. The summed E-state index contributed by atoms with van der Waals surface area (Å²) in [5.41, 5.74) is 1.48. The van der Waals surface area contributed by atoms with Crippen LogP contribution >= 0.6 is 0 Å². The summed E-state index contributed by atoms with van der Waals surface area (Å²) in [5, 5.41) is 2.98. The number of nitrogens with one attached hydrogen (secondary N) is 1. The van der Waals surface area contributed by atoms with Crippen molar-refractivity contribution in [2.75, 3.05) is 25.1 Å². The summed E-state index contributed by atoms with van der Waals surface area (Å²) in [6.45, 7) is 1.79. The highest BCUT2D eigenvalue weighted by Gasteiger charge is 2.22. The number of para-hydroxylation sites is 2. The number of pyridine rings is 1. The topological polar surface area (TPSA) is 37.4 Å². The Labute approximate surface area is 123 Å². The Balaban J connectivity index is 2.06. The highest BCUT2D eigenvalue weighted by atomic mass is 19.1.